The van der Waals surface area contributed by atoms with Crippen LogP contribution in [0, 0.1) is 20.8 Å². The number of aliphatic hydroxyl groups excluding tert-OH is 1. The number of aryl methyl sites for hydroxylation is 3. The third-order valence-electron chi connectivity index (χ3n) is 4.77. The van der Waals surface area contributed by atoms with Gasteiger partial charge in [-0.3, -0.25) is 4.90 Å². The molecule has 1 aliphatic heterocycles. The molecule has 2 atom stereocenters. The van der Waals surface area contributed by atoms with E-state index >= 15 is 0 Å². The summed E-state index contributed by atoms with van der Waals surface area (Å²) in [5, 5.41) is 10.2. The Labute approximate surface area is 146 Å². The minimum atomic E-state index is -3.62. The van der Waals surface area contributed by atoms with Crippen molar-refractivity contribution < 1.29 is 13.5 Å². The Balaban J connectivity index is 2.00. The summed E-state index contributed by atoms with van der Waals surface area (Å²) >= 11 is 0. The molecule has 24 heavy (non-hydrogen) atoms. The molecule has 1 saturated heterocycles. The number of benzene rings is 1. The van der Waals surface area contributed by atoms with Crippen LogP contribution in [-0.4, -0.2) is 50.2 Å². The fourth-order valence-corrected chi connectivity index (χ4v) is 5.15. The van der Waals surface area contributed by atoms with E-state index in [0.29, 0.717) is 17.5 Å². The summed E-state index contributed by atoms with van der Waals surface area (Å²) < 4.78 is 27.8. The third-order valence-corrected chi connectivity index (χ3v) is 6.50. The number of sulfonamides is 1. The van der Waals surface area contributed by atoms with Gasteiger partial charge < -0.3 is 5.11 Å². The first-order chi connectivity index (χ1) is 11.2. The van der Waals surface area contributed by atoms with Gasteiger partial charge in [-0.25, -0.2) is 13.1 Å². The normalized spacial score (nSPS) is 21.0. The molecule has 2 N–H and O–H groups in total. The van der Waals surface area contributed by atoms with Crippen LogP contribution in [0.15, 0.2) is 17.0 Å². The molecular formula is C18H30N2O3S. The first-order valence-electron chi connectivity index (χ1n) is 8.70. The van der Waals surface area contributed by atoms with E-state index in [0.717, 1.165) is 36.1 Å². The van der Waals surface area contributed by atoms with Gasteiger partial charge in [0.05, 0.1) is 11.0 Å². The van der Waals surface area contributed by atoms with Crippen molar-refractivity contribution in [1.82, 2.24) is 9.62 Å². The highest BCUT2D eigenvalue weighted by Gasteiger charge is 2.24. The third kappa shape index (κ3) is 4.79. The van der Waals surface area contributed by atoms with E-state index in [1.54, 1.807) is 13.8 Å². The van der Waals surface area contributed by atoms with E-state index in [1.165, 1.54) is 6.42 Å². The minimum Gasteiger partial charge on any atom is -0.390 e. The van der Waals surface area contributed by atoms with Crippen molar-refractivity contribution >= 4 is 10.0 Å². The molecule has 1 heterocycles. The Hall–Kier alpha value is -0.950. The molecule has 6 heteroatoms. The number of nitrogens with one attached hydrogen (secondary N) is 1. The Bertz CT molecular complexity index is 650. The molecule has 0 aromatic heterocycles. The Kier molecular flexibility index (Phi) is 6.42. The lowest BCUT2D eigenvalue weighted by molar-refractivity contribution is 0.0760. The lowest BCUT2D eigenvalue weighted by Crippen LogP contribution is -2.45. The van der Waals surface area contributed by atoms with Gasteiger partial charge in [-0.15, -0.1) is 0 Å². The largest absolute Gasteiger partial charge is 0.390 e. The van der Waals surface area contributed by atoms with Crippen LogP contribution in [0.3, 0.4) is 0 Å². The van der Waals surface area contributed by atoms with Crippen molar-refractivity contribution in [2.75, 3.05) is 19.6 Å². The Morgan fingerprint density at radius 3 is 2.46 bits per heavy atom. The fourth-order valence-electron chi connectivity index (χ4n) is 3.63. The number of aliphatic hydroxyl groups is 1. The molecule has 0 spiro atoms. The molecule has 2 rings (SSSR count). The summed E-state index contributed by atoms with van der Waals surface area (Å²) in [4.78, 5) is 2.57. The van der Waals surface area contributed by atoms with Crippen LogP contribution in [0.4, 0.5) is 0 Å². The average molecular weight is 355 g/mol. The zero-order valence-electron chi connectivity index (χ0n) is 15.2. The van der Waals surface area contributed by atoms with Crippen LogP contribution in [-0.2, 0) is 10.0 Å². The summed E-state index contributed by atoms with van der Waals surface area (Å²) in [6.07, 6.45) is 2.81. The predicted octanol–water partition coefficient (Wildman–Crippen LogP) is 2.13. The summed E-state index contributed by atoms with van der Waals surface area (Å²) in [5.74, 6) is 0. The van der Waals surface area contributed by atoms with Crippen molar-refractivity contribution in [2.24, 2.45) is 0 Å². The fraction of sp³-hybridized carbons (Fsp3) is 0.667. The molecule has 0 bridgehead atoms. The molecular weight excluding hydrogens is 324 g/mol. The van der Waals surface area contributed by atoms with Gasteiger partial charge in [-0.05, 0) is 58.2 Å². The van der Waals surface area contributed by atoms with Crippen molar-refractivity contribution in [1.29, 1.82) is 0 Å². The quantitative estimate of drug-likeness (QED) is 0.821. The van der Waals surface area contributed by atoms with E-state index in [-0.39, 0.29) is 6.54 Å². The highest BCUT2D eigenvalue weighted by Crippen LogP contribution is 2.21. The van der Waals surface area contributed by atoms with E-state index in [4.69, 9.17) is 0 Å². The number of rotatable bonds is 6. The Morgan fingerprint density at radius 2 is 1.88 bits per heavy atom. The summed E-state index contributed by atoms with van der Waals surface area (Å²) in [5.41, 5.74) is 2.52. The van der Waals surface area contributed by atoms with Crippen LogP contribution in [0.1, 0.15) is 42.9 Å². The standard InChI is InChI=1S/C18H30N2O3S/c1-13-9-14(2)18(15(3)10-13)24(22,23)19-11-17(21)12-20-8-6-5-7-16(20)4/h9-10,16-17,19,21H,5-8,11-12H2,1-4H3. The maximum absolute atomic E-state index is 12.6. The second-order valence-electron chi connectivity index (χ2n) is 7.07. The van der Waals surface area contributed by atoms with Crippen LogP contribution in [0.25, 0.3) is 0 Å². The molecule has 0 radical (unpaired) electrons. The van der Waals surface area contributed by atoms with Gasteiger partial charge in [0.2, 0.25) is 10.0 Å². The topological polar surface area (TPSA) is 69.6 Å². The molecule has 0 saturated carbocycles. The first kappa shape index (κ1) is 19.4. The molecule has 136 valence electrons. The molecule has 5 nitrogen and oxygen atoms in total. The van der Waals surface area contributed by atoms with Crippen molar-refractivity contribution in [3.8, 4) is 0 Å². The molecule has 1 aromatic rings. The smallest absolute Gasteiger partial charge is 0.241 e. The average Bonchev–Trinajstić information content (AvgIpc) is 2.46. The lowest BCUT2D eigenvalue weighted by atomic mass is 10.0. The van der Waals surface area contributed by atoms with Gasteiger partial charge in [0, 0.05) is 19.1 Å². The SMILES string of the molecule is Cc1cc(C)c(S(=O)(=O)NCC(O)CN2CCCCC2C)c(C)c1. The van der Waals surface area contributed by atoms with E-state index in [2.05, 4.69) is 16.5 Å². The highest BCUT2D eigenvalue weighted by atomic mass is 32.2. The number of nitrogens with zero attached hydrogens (tertiary/aromatic N) is 1. The van der Waals surface area contributed by atoms with E-state index in [1.807, 2.05) is 19.1 Å². The number of likely N-dealkylation sites (tertiary alicyclic amines) is 1. The van der Waals surface area contributed by atoms with Gasteiger partial charge in [0.1, 0.15) is 0 Å². The van der Waals surface area contributed by atoms with Gasteiger partial charge in [-0.2, -0.15) is 0 Å². The van der Waals surface area contributed by atoms with Crippen LogP contribution >= 0.6 is 0 Å². The number of β-amino-alcohol motifs (C(OH)–C–C–N with tert-alkyl or cyclic N) is 1. The molecule has 1 fully saturated rings. The number of hydrogen-bond acceptors (Lipinski definition) is 4. The Morgan fingerprint density at radius 1 is 1.25 bits per heavy atom. The van der Waals surface area contributed by atoms with Crippen molar-refractivity contribution in [3.05, 3.63) is 28.8 Å². The van der Waals surface area contributed by atoms with Gasteiger partial charge >= 0.3 is 0 Å². The zero-order chi connectivity index (χ0) is 17.9. The molecule has 2 unspecified atom stereocenters. The van der Waals surface area contributed by atoms with Crippen LogP contribution in [0.5, 0.6) is 0 Å². The van der Waals surface area contributed by atoms with Crippen molar-refractivity contribution in [3.63, 3.8) is 0 Å². The predicted molar refractivity (Wildman–Crippen MR) is 96.7 cm³/mol. The second kappa shape index (κ2) is 7.95. The van der Waals surface area contributed by atoms with Gasteiger partial charge in [0.15, 0.2) is 0 Å². The number of piperidine rings is 1. The lowest BCUT2D eigenvalue weighted by Gasteiger charge is -2.34. The first-order valence-corrected chi connectivity index (χ1v) is 10.2. The van der Waals surface area contributed by atoms with Crippen molar-refractivity contribution in [2.45, 2.75) is 64.0 Å². The second-order valence-corrected chi connectivity index (χ2v) is 8.78. The van der Waals surface area contributed by atoms with Crippen LogP contribution < -0.4 is 4.72 Å². The summed E-state index contributed by atoms with van der Waals surface area (Å²) in [6.45, 7) is 9.25. The molecule has 1 aliphatic rings. The zero-order valence-corrected chi connectivity index (χ0v) is 16.0. The maximum atomic E-state index is 12.6. The molecule has 0 amide bonds. The van der Waals surface area contributed by atoms with Gasteiger partial charge in [-0.1, -0.05) is 24.1 Å². The van der Waals surface area contributed by atoms with E-state index in [9.17, 15) is 13.5 Å². The van der Waals surface area contributed by atoms with Crippen LogP contribution in [0.2, 0.25) is 0 Å². The summed E-state index contributed by atoms with van der Waals surface area (Å²) in [7, 11) is -3.62. The minimum absolute atomic E-state index is 0.0400. The maximum Gasteiger partial charge on any atom is 0.241 e. The monoisotopic (exact) mass is 354 g/mol. The van der Waals surface area contributed by atoms with Gasteiger partial charge in [0.25, 0.3) is 0 Å². The highest BCUT2D eigenvalue weighted by molar-refractivity contribution is 7.89. The molecule has 0 aliphatic carbocycles. The van der Waals surface area contributed by atoms with E-state index < -0.39 is 16.1 Å². The summed E-state index contributed by atoms with van der Waals surface area (Å²) in [6, 6.07) is 4.19. The number of hydrogen-bond donors (Lipinski definition) is 2. The molecule has 1 aromatic carbocycles.